The number of hydrogen-bond acceptors (Lipinski definition) is 2. The average Bonchev–Trinajstić information content (AvgIpc) is 2.29. The molecule has 0 aliphatic heterocycles. The van der Waals surface area contributed by atoms with E-state index in [-0.39, 0.29) is 0 Å². The summed E-state index contributed by atoms with van der Waals surface area (Å²) < 4.78 is 0. The summed E-state index contributed by atoms with van der Waals surface area (Å²) in [7, 11) is 0. The van der Waals surface area contributed by atoms with Crippen molar-refractivity contribution >= 4 is 0 Å². The van der Waals surface area contributed by atoms with Crippen molar-refractivity contribution in [2.45, 2.75) is 25.9 Å². The Bertz CT molecular complexity index is 420. The normalized spacial score (nSPS) is 11.0. The Labute approximate surface area is 90.2 Å². The average molecular weight is 199 g/mol. The van der Waals surface area contributed by atoms with Crippen molar-refractivity contribution in [3.05, 3.63) is 35.4 Å². The zero-order valence-corrected chi connectivity index (χ0v) is 8.70. The highest BCUT2D eigenvalue weighted by atomic mass is 16.3. The van der Waals surface area contributed by atoms with Crippen LogP contribution in [0.1, 0.15) is 37.0 Å². The summed E-state index contributed by atoms with van der Waals surface area (Å²) in [6, 6.07) is 9.09. The van der Waals surface area contributed by atoms with Crippen molar-refractivity contribution in [3.8, 4) is 17.9 Å². The topological polar surface area (TPSA) is 44.0 Å². The number of aliphatic hydroxyl groups is 1. The van der Waals surface area contributed by atoms with Gasteiger partial charge in [0.15, 0.2) is 0 Å². The van der Waals surface area contributed by atoms with E-state index < -0.39 is 6.10 Å². The van der Waals surface area contributed by atoms with Crippen LogP contribution in [0.5, 0.6) is 0 Å². The Morgan fingerprint density at radius 2 is 2.27 bits per heavy atom. The van der Waals surface area contributed by atoms with Crippen LogP contribution in [0, 0.1) is 23.2 Å². The predicted octanol–water partition coefficient (Wildman–Crippen LogP) is 2.40. The van der Waals surface area contributed by atoms with Crippen LogP contribution in [0.2, 0.25) is 0 Å². The standard InChI is InChI=1S/C13H13NO/c1-2-3-4-8-13(15)12-7-5-6-11(9-12)10-14/h5-7,9,13,15H,4,8H2,1H3. The molecule has 0 heterocycles. The molecule has 1 rings (SSSR count). The van der Waals surface area contributed by atoms with Gasteiger partial charge in [0.05, 0.1) is 17.7 Å². The highest BCUT2D eigenvalue weighted by Gasteiger charge is 2.06. The van der Waals surface area contributed by atoms with Crippen molar-refractivity contribution < 1.29 is 5.11 Å². The van der Waals surface area contributed by atoms with Gasteiger partial charge in [-0.15, -0.1) is 11.8 Å². The van der Waals surface area contributed by atoms with Gasteiger partial charge in [0.1, 0.15) is 0 Å². The first-order valence-electron chi connectivity index (χ1n) is 4.85. The van der Waals surface area contributed by atoms with E-state index in [1.807, 2.05) is 6.07 Å². The maximum Gasteiger partial charge on any atom is 0.0991 e. The van der Waals surface area contributed by atoms with Gasteiger partial charge in [0.25, 0.3) is 0 Å². The minimum Gasteiger partial charge on any atom is -0.388 e. The van der Waals surface area contributed by atoms with E-state index in [1.165, 1.54) is 0 Å². The lowest BCUT2D eigenvalue weighted by Gasteiger charge is -2.08. The second-order valence-electron chi connectivity index (χ2n) is 3.22. The fourth-order valence-electron chi connectivity index (χ4n) is 1.32. The van der Waals surface area contributed by atoms with E-state index in [0.29, 0.717) is 18.4 Å². The molecule has 2 nitrogen and oxygen atoms in total. The first-order chi connectivity index (χ1) is 7.27. The molecular formula is C13H13NO. The Kier molecular flexibility index (Phi) is 4.41. The highest BCUT2D eigenvalue weighted by molar-refractivity contribution is 5.33. The van der Waals surface area contributed by atoms with Crippen LogP contribution in [-0.4, -0.2) is 5.11 Å². The molecule has 2 heteroatoms. The lowest BCUT2D eigenvalue weighted by Crippen LogP contribution is -1.97. The van der Waals surface area contributed by atoms with Crippen molar-refractivity contribution in [2.24, 2.45) is 0 Å². The SMILES string of the molecule is CC#CCCC(O)c1cccc(C#N)c1. The van der Waals surface area contributed by atoms with Gasteiger partial charge >= 0.3 is 0 Å². The Morgan fingerprint density at radius 3 is 2.93 bits per heavy atom. The predicted molar refractivity (Wildman–Crippen MR) is 58.8 cm³/mol. The Morgan fingerprint density at radius 1 is 1.47 bits per heavy atom. The second kappa shape index (κ2) is 5.86. The molecular weight excluding hydrogens is 186 g/mol. The summed E-state index contributed by atoms with van der Waals surface area (Å²) in [6.07, 6.45) is 0.753. The van der Waals surface area contributed by atoms with E-state index in [2.05, 4.69) is 17.9 Å². The van der Waals surface area contributed by atoms with Crippen molar-refractivity contribution in [3.63, 3.8) is 0 Å². The first-order valence-corrected chi connectivity index (χ1v) is 4.85. The zero-order chi connectivity index (χ0) is 11.1. The smallest absolute Gasteiger partial charge is 0.0991 e. The third kappa shape index (κ3) is 3.46. The molecule has 0 saturated carbocycles. The summed E-state index contributed by atoms with van der Waals surface area (Å²) in [5, 5.41) is 18.5. The molecule has 1 atom stereocenters. The van der Waals surface area contributed by atoms with Crippen LogP contribution in [0.3, 0.4) is 0 Å². The Balaban J connectivity index is 2.68. The van der Waals surface area contributed by atoms with Gasteiger partial charge < -0.3 is 5.11 Å². The van der Waals surface area contributed by atoms with E-state index in [9.17, 15) is 5.11 Å². The van der Waals surface area contributed by atoms with Gasteiger partial charge in [-0.3, -0.25) is 0 Å². The highest BCUT2D eigenvalue weighted by Crippen LogP contribution is 2.18. The Hall–Kier alpha value is -1.77. The largest absolute Gasteiger partial charge is 0.388 e. The van der Waals surface area contributed by atoms with Crippen molar-refractivity contribution in [1.82, 2.24) is 0 Å². The summed E-state index contributed by atoms with van der Waals surface area (Å²) in [4.78, 5) is 0. The molecule has 0 aliphatic carbocycles. The van der Waals surface area contributed by atoms with Gasteiger partial charge in [-0.2, -0.15) is 5.26 Å². The molecule has 76 valence electrons. The fourth-order valence-corrected chi connectivity index (χ4v) is 1.32. The lowest BCUT2D eigenvalue weighted by molar-refractivity contribution is 0.169. The molecule has 0 saturated heterocycles. The quantitative estimate of drug-likeness (QED) is 0.759. The molecule has 15 heavy (non-hydrogen) atoms. The number of nitriles is 1. The minimum absolute atomic E-state index is 0.529. The van der Waals surface area contributed by atoms with E-state index >= 15 is 0 Å². The second-order valence-corrected chi connectivity index (χ2v) is 3.22. The maximum absolute atomic E-state index is 9.79. The van der Waals surface area contributed by atoms with E-state index in [0.717, 1.165) is 5.56 Å². The molecule has 1 unspecified atom stereocenters. The first kappa shape index (κ1) is 11.3. The van der Waals surface area contributed by atoms with Crippen LogP contribution in [0.25, 0.3) is 0 Å². The van der Waals surface area contributed by atoms with Gasteiger partial charge in [-0.1, -0.05) is 12.1 Å². The van der Waals surface area contributed by atoms with Crippen LogP contribution in [-0.2, 0) is 0 Å². The van der Waals surface area contributed by atoms with E-state index in [4.69, 9.17) is 5.26 Å². The molecule has 0 bridgehead atoms. The summed E-state index contributed by atoms with van der Waals surface area (Å²) in [5.74, 6) is 5.69. The van der Waals surface area contributed by atoms with Crippen LogP contribution < -0.4 is 0 Å². The van der Waals surface area contributed by atoms with Crippen molar-refractivity contribution in [1.29, 1.82) is 5.26 Å². The van der Waals surface area contributed by atoms with Crippen molar-refractivity contribution in [2.75, 3.05) is 0 Å². The fraction of sp³-hybridized carbons (Fsp3) is 0.308. The molecule has 0 spiro atoms. The van der Waals surface area contributed by atoms with Gasteiger partial charge in [0.2, 0.25) is 0 Å². The minimum atomic E-state index is -0.529. The summed E-state index contributed by atoms with van der Waals surface area (Å²) in [6.45, 7) is 1.78. The van der Waals surface area contributed by atoms with E-state index in [1.54, 1.807) is 25.1 Å². The number of rotatable bonds is 3. The third-order valence-corrected chi connectivity index (χ3v) is 2.12. The molecule has 1 aromatic rings. The number of hydrogen-bond donors (Lipinski definition) is 1. The number of benzene rings is 1. The zero-order valence-electron chi connectivity index (χ0n) is 8.70. The lowest BCUT2D eigenvalue weighted by atomic mass is 10.0. The number of aliphatic hydroxyl groups excluding tert-OH is 1. The number of nitrogens with zero attached hydrogens (tertiary/aromatic N) is 1. The van der Waals surface area contributed by atoms with Gasteiger partial charge in [-0.25, -0.2) is 0 Å². The summed E-state index contributed by atoms with van der Waals surface area (Å²) >= 11 is 0. The molecule has 0 fully saturated rings. The molecule has 0 radical (unpaired) electrons. The van der Waals surface area contributed by atoms with Crippen LogP contribution >= 0.6 is 0 Å². The summed E-state index contributed by atoms with van der Waals surface area (Å²) in [5.41, 5.74) is 1.36. The van der Waals surface area contributed by atoms with Crippen LogP contribution in [0.15, 0.2) is 24.3 Å². The molecule has 0 aromatic heterocycles. The maximum atomic E-state index is 9.79. The van der Waals surface area contributed by atoms with Crippen LogP contribution in [0.4, 0.5) is 0 Å². The van der Waals surface area contributed by atoms with Gasteiger partial charge in [-0.05, 0) is 31.0 Å². The molecule has 1 aromatic carbocycles. The molecule has 0 aliphatic rings. The van der Waals surface area contributed by atoms with Gasteiger partial charge in [0, 0.05) is 6.42 Å². The third-order valence-electron chi connectivity index (χ3n) is 2.12. The molecule has 1 N–H and O–H groups in total. The molecule has 0 amide bonds. The monoisotopic (exact) mass is 199 g/mol.